The minimum absolute atomic E-state index is 0.0138. The number of alkyl halides is 3. The van der Waals surface area contributed by atoms with Crippen LogP contribution in [0.5, 0.6) is 5.75 Å². The van der Waals surface area contributed by atoms with Crippen molar-refractivity contribution in [2.24, 2.45) is 4.99 Å². The maximum atomic E-state index is 12.9. The fourth-order valence-corrected chi connectivity index (χ4v) is 2.70. The predicted molar refractivity (Wildman–Crippen MR) is 97.9 cm³/mol. The zero-order valence-electron chi connectivity index (χ0n) is 15.2. The minimum Gasteiger partial charge on any atom is -0.503 e. The molecule has 152 valence electrons. The molecular formula is C20H16F3NO5. The Balaban J connectivity index is 1.82. The van der Waals surface area contributed by atoms with Crippen molar-refractivity contribution in [3.63, 3.8) is 0 Å². The number of carboxylic acid groups (broad SMARTS) is 1. The van der Waals surface area contributed by atoms with Crippen LogP contribution in [0.15, 0.2) is 53.7 Å². The van der Waals surface area contributed by atoms with Crippen LogP contribution in [0, 0.1) is 0 Å². The number of hydrogen-bond donors (Lipinski definition) is 1. The van der Waals surface area contributed by atoms with Gasteiger partial charge in [0.1, 0.15) is 23.6 Å². The Labute approximate surface area is 163 Å². The number of hydrogen-bond acceptors (Lipinski definition) is 5. The van der Waals surface area contributed by atoms with Crippen LogP contribution in [-0.4, -0.2) is 30.7 Å². The third-order valence-corrected chi connectivity index (χ3v) is 4.05. The van der Waals surface area contributed by atoms with Gasteiger partial charge in [-0.1, -0.05) is 24.3 Å². The molecule has 0 spiro atoms. The molecule has 0 bridgehead atoms. The molecule has 6 nitrogen and oxygen atoms in total. The SMILES string of the molecule is CO/C=C(/C(=O)O)c1ccccc1COC1=Nc2cc(C(F)(F)F)ccc2OC1. The predicted octanol–water partition coefficient (Wildman–Crippen LogP) is 4.42. The third kappa shape index (κ3) is 4.68. The Morgan fingerprint density at radius 2 is 2.03 bits per heavy atom. The standard InChI is InChI=1S/C20H16F3NO5/c1-27-10-15(19(25)26)14-5-3-2-4-12(14)9-29-18-11-28-17-7-6-13(20(21,22)23)8-16(17)24-18/h2-8,10H,9,11H2,1H3,(H,25,26)/b15-10+. The number of carbonyl (C=O) groups is 1. The molecule has 1 aliphatic rings. The van der Waals surface area contributed by atoms with Crippen molar-refractivity contribution < 1.29 is 37.3 Å². The van der Waals surface area contributed by atoms with E-state index >= 15 is 0 Å². The second-order valence-electron chi connectivity index (χ2n) is 5.99. The van der Waals surface area contributed by atoms with Gasteiger partial charge in [0.05, 0.1) is 18.9 Å². The van der Waals surface area contributed by atoms with E-state index in [1.807, 2.05) is 0 Å². The largest absolute Gasteiger partial charge is 0.503 e. The zero-order valence-corrected chi connectivity index (χ0v) is 15.2. The highest BCUT2D eigenvalue weighted by atomic mass is 19.4. The fourth-order valence-electron chi connectivity index (χ4n) is 2.70. The smallest absolute Gasteiger partial charge is 0.416 e. The number of nitrogens with zero attached hydrogens (tertiary/aromatic N) is 1. The van der Waals surface area contributed by atoms with Gasteiger partial charge in [0.2, 0.25) is 5.90 Å². The molecule has 1 heterocycles. The van der Waals surface area contributed by atoms with Crippen LogP contribution in [0.4, 0.5) is 18.9 Å². The van der Waals surface area contributed by atoms with E-state index in [0.717, 1.165) is 18.4 Å². The normalized spacial score (nSPS) is 13.8. The van der Waals surface area contributed by atoms with Crippen molar-refractivity contribution in [1.29, 1.82) is 0 Å². The first-order valence-electron chi connectivity index (χ1n) is 8.38. The fraction of sp³-hybridized carbons (Fsp3) is 0.200. The molecule has 0 saturated heterocycles. The van der Waals surface area contributed by atoms with E-state index in [1.165, 1.54) is 13.2 Å². The average molecular weight is 407 g/mol. The molecular weight excluding hydrogens is 391 g/mol. The van der Waals surface area contributed by atoms with E-state index in [2.05, 4.69) is 4.99 Å². The molecule has 2 aromatic rings. The Bertz CT molecular complexity index is 982. The number of ether oxygens (including phenoxy) is 3. The van der Waals surface area contributed by atoms with Gasteiger partial charge in [0, 0.05) is 0 Å². The Morgan fingerprint density at radius 1 is 1.28 bits per heavy atom. The molecule has 0 saturated carbocycles. The van der Waals surface area contributed by atoms with Crippen LogP contribution in [0.25, 0.3) is 5.57 Å². The first kappa shape index (κ1) is 20.2. The number of halogens is 3. The second-order valence-corrected chi connectivity index (χ2v) is 5.99. The van der Waals surface area contributed by atoms with Crippen molar-refractivity contribution in [2.75, 3.05) is 13.7 Å². The van der Waals surface area contributed by atoms with Crippen LogP contribution in [-0.2, 0) is 27.1 Å². The van der Waals surface area contributed by atoms with Crippen LogP contribution in [0.3, 0.4) is 0 Å². The molecule has 0 aliphatic carbocycles. The number of benzene rings is 2. The van der Waals surface area contributed by atoms with Crippen molar-refractivity contribution in [1.82, 2.24) is 0 Å². The molecule has 0 aromatic heterocycles. The number of rotatable bonds is 5. The van der Waals surface area contributed by atoms with Crippen LogP contribution < -0.4 is 4.74 Å². The minimum atomic E-state index is -4.50. The van der Waals surface area contributed by atoms with Gasteiger partial charge in [0.15, 0.2) is 6.61 Å². The maximum Gasteiger partial charge on any atom is 0.416 e. The van der Waals surface area contributed by atoms with E-state index in [0.29, 0.717) is 11.1 Å². The summed E-state index contributed by atoms with van der Waals surface area (Å²) in [6.07, 6.45) is -3.39. The molecule has 3 rings (SSSR count). The molecule has 1 aliphatic heterocycles. The summed E-state index contributed by atoms with van der Waals surface area (Å²) in [7, 11) is 1.34. The number of aliphatic imine (C=N–C) groups is 1. The van der Waals surface area contributed by atoms with Gasteiger partial charge in [-0.2, -0.15) is 13.2 Å². The second kappa shape index (κ2) is 8.26. The first-order chi connectivity index (χ1) is 13.8. The lowest BCUT2D eigenvalue weighted by atomic mass is 10.0. The highest BCUT2D eigenvalue weighted by molar-refractivity contribution is 6.15. The molecule has 0 atom stereocenters. The van der Waals surface area contributed by atoms with Crippen molar-refractivity contribution >= 4 is 23.1 Å². The lowest BCUT2D eigenvalue weighted by Gasteiger charge is -2.19. The zero-order chi connectivity index (χ0) is 21.0. The summed E-state index contributed by atoms with van der Waals surface area (Å²) in [6.45, 7) is -0.110. The lowest BCUT2D eigenvalue weighted by Crippen LogP contribution is -2.19. The Hall–Kier alpha value is -3.49. The van der Waals surface area contributed by atoms with E-state index in [4.69, 9.17) is 14.2 Å². The van der Waals surface area contributed by atoms with Crippen molar-refractivity contribution in [3.05, 3.63) is 65.4 Å². The highest BCUT2D eigenvalue weighted by Crippen LogP contribution is 2.38. The molecule has 9 heteroatoms. The summed E-state index contributed by atoms with van der Waals surface area (Å²) in [5.41, 5.74) is 0.0363. The van der Waals surface area contributed by atoms with Crippen molar-refractivity contribution in [2.45, 2.75) is 12.8 Å². The van der Waals surface area contributed by atoms with E-state index in [9.17, 15) is 23.1 Å². The molecule has 0 unspecified atom stereocenters. The van der Waals surface area contributed by atoms with Crippen LogP contribution in [0.2, 0.25) is 0 Å². The lowest BCUT2D eigenvalue weighted by molar-refractivity contribution is -0.137. The van der Waals surface area contributed by atoms with Gasteiger partial charge in [-0.05, 0) is 29.3 Å². The summed E-state index contributed by atoms with van der Waals surface area (Å²) >= 11 is 0. The summed E-state index contributed by atoms with van der Waals surface area (Å²) in [4.78, 5) is 15.6. The Kier molecular flexibility index (Phi) is 5.76. The number of carboxylic acids is 1. The maximum absolute atomic E-state index is 12.9. The van der Waals surface area contributed by atoms with Gasteiger partial charge < -0.3 is 19.3 Å². The molecule has 0 amide bonds. The van der Waals surface area contributed by atoms with Crippen LogP contribution >= 0.6 is 0 Å². The number of fused-ring (bicyclic) bond motifs is 1. The molecule has 0 fully saturated rings. The summed E-state index contributed by atoms with van der Waals surface area (Å²) < 4.78 is 54.5. The summed E-state index contributed by atoms with van der Waals surface area (Å²) in [6, 6.07) is 9.66. The van der Waals surface area contributed by atoms with Gasteiger partial charge in [0.25, 0.3) is 0 Å². The van der Waals surface area contributed by atoms with Gasteiger partial charge in [-0.15, -0.1) is 0 Å². The monoisotopic (exact) mass is 407 g/mol. The quantitative estimate of drug-likeness (QED) is 0.587. The van der Waals surface area contributed by atoms with Gasteiger partial charge in [-0.3, -0.25) is 0 Å². The number of aliphatic carboxylic acids is 1. The van der Waals surface area contributed by atoms with Gasteiger partial charge >= 0.3 is 12.1 Å². The topological polar surface area (TPSA) is 77.4 Å². The molecule has 29 heavy (non-hydrogen) atoms. The third-order valence-electron chi connectivity index (χ3n) is 4.05. The molecule has 2 aromatic carbocycles. The van der Waals surface area contributed by atoms with Crippen LogP contribution in [0.1, 0.15) is 16.7 Å². The van der Waals surface area contributed by atoms with E-state index in [-0.39, 0.29) is 36.1 Å². The van der Waals surface area contributed by atoms with E-state index < -0.39 is 17.7 Å². The van der Waals surface area contributed by atoms with E-state index in [1.54, 1.807) is 24.3 Å². The average Bonchev–Trinajstić information content (AvgIpc) is 2.69. The molecule has 1 N–H and O–H groups in total. The summed E-state index contributed by atoms with van der Waals surface area (Å²) in [5.74, 6) is -0.868. The highest BCUT2D eigenvalue weighted by Gasteiger charge is 2.32. The Morgan fingerprint density at radius 3 is 2.72 bits per heavy atom. The summed E-state index contributed by atoms with van der Waals surface area (Å²) in [5, 5.41) is 9.38. The molecule has 0 radical (unpaired) electrons. The van der Waals surface area contributed by atoms with Gasteiger partial charge in [-0.25, -0.2) is 9.79 Å². The number of methoxy groups -OCH3 is 1. The van der Waals surface area contributed by atoms with Crippen molar-refractivity contribution in [3.8, 4) is 5.75 Å². The first-order valence-corrected chi connectivity index (χ1v) is 8.38.